The summed E-state index contributed by atoms with van der Waals surface area (Å²) in [6, 6.07) is 19.9. The van der Waals surface area contributed by atoms with Gasteiger partial charge in [-0.2, -0.15) is 0 Å². The molecule has 0 spiro atoms. The monoisotopic (exact) mass is 480 g/mol. The van der Waals surface area contributed by atoms with Crippen LogP contribution < -0.4 is 4.90 Å². The van der Waals surface area contributed by atoms with Crippen molar-refractivity contribution in [1.29, 1.82) is 0 Å². The third-order valence-corrected chi connectivity index (χ3v) is 6.73. The Labute approximate surface area is 197 Å². The number of carbonyl (C=O) groups excluding carboxylic acids is 2. The number of aromatic nitrogens is 1. The van der Waals surface area contributed by atoms with E-state index in [9.17, 15) is 14.7 Å². The molecule has 1 unspecified atom stereocenters. The predicted molar refractivity (Wildman–Crippen MR) is 127 cm³/mol. The van der Waals surface area contributed by atoms with Crippen LogP contribution >= 0.6 is 34.5 Å². The summed E-state index contributed by atoms with van der Waals surface area (Å²) < 4.78 is 0.785. The predicted octanol–water partition coefficient (Wildman–Crippen LogP) is 6.23. The molecular weight excluding hydrogens is 467 g/mol. The Morgan fingerprint density at radius 1 is 0.938 bits per heavy atom. The number of Topliss-reactive ketones (excluding diaryl/α,β-unsaturated/α-hetero) is 1. The van der Waals surface area contributed by atoms with Gasteiger partial charge >= 0.3 is 5.91 Å². The van der Waals surface area contributed by atoms with Crippen LogP contribution in [0.15, 0.2) is 78.4 Å². The second-order valence-corrected chi connectivity index (χ2v) is 9.08. The van der Waals surface area contributed by atoms with Gasteiger partial charge < -0.3 is 5.11 Å². The third-order valence-electron chi connectivity index (χ3n) is 5.22. The van der Waals surface area contributed by atoms with E-state index in [0.717, 1.165) is 4.70 Å². The van der Waals surface area contributed by atoms with E-state index in [0.29, 0.717) is 31.8 Å². The molecule has 1 aliphatic heterocycles. The van der Waals surface area contributed by atoms with Gasteiger partial charge in [0.2, 0.25) is 0 Å². The minimum atomic E-state index is -0.858. The van der Waals surface area contributed by atoms with Gasteiger partial charge in [0.05, 0.1) is 21.8 Å². The van der Waals surface area contributed by atoms with Crippen LogP contribution in [-0.2, 0) is 9.59 Å². The minimum Gasteiger partial charge on any atom is -0.507 e. The molecule has 5 rings (SSSR count). The van der Waals surface area contributed by atoms with Crippen LogP contribution in [0.4, 0.5) is 5.13 Å². The van der Waals surface area contributed by atoms with Gasteiger partial charge in [0.25, 0.3) is 5.78 Å². The molecule has 0 bridgehead atoms. The van der Waals surface area contributed by atoms with Crippen molar-refractivity contribution in [2.45, 2.75) is 6.04 Å². The molecule has 32 heavy (non-hydrogen) atoms. The van der Waals surface area contributed by atoms with Crippen LogP contribution in [0.25, 0.3) is 16.0 Å². The van der Waals surface area contributed by atoms with E-state index in [1.54, 1.807) is 72.8 Å². The molecule has 1 atom stereocenters. The zero-order valence-corrected chi connectivity index (χ0v) is 18.7. The molecule has 8 heteroatoms. The molecule has 1 N–H and O–H groups in total. The van der Waals surface area contributed by atoms with Crippen molar-refractivity contribution < 1.29 is 14.7 Å². The van der Waals surface area contributed by atoms with E-state index in [1.165, 1.54) is 16.2 Å². The van der Waals surface area contributed by atoms with E-state index >= 15 is 0 Å². The number of benzene rings is 3. The first-order valence-corrected chi connectivity index (χ1v) is 11.2. The van der Waals surface area contributed by atoms with Gasteiger partial charge in [-0.1, -0.05) is 77.0 Å². The summed E-state index contributed by atoms with van der Waals surface area (Å²) in [5.74, 6) is -1.77. The molecule has 1 aromatic heterocycles. The number of anilines is 1. The summed E-state index contributed by atoms with van der Waals surface area (Å²) >= 11 is 13.4. The zero-order chi connectivity index (χ0) is 22.4. The summed E-state index contributed by atoms with van der Waals surface area (Å²) in [6.07, 6.45) is 0. The molecule has 158 valence electrons. The number of halogens is 2. The lowest BCUT2D eigenvalue weighted by molar-refractivity contribution is -0.132. The van der Waals surface area contributed by atoms with Crippen molar-refractivity contribution in [3.05, 3.63) is 99.5 Å². The number of amides is 1. The Morgan fingerprint density at radius 3 is 2.34 bits per heavy atom. The van der Waals surface area contributed by atoms with Crippen LogP contribution in [0.3, 0.4) is 0 Å². The van der Waals surface area contributed by atoms with Crippen molar-refractivity contribution in [1.82, 2.24) is 4.98 Å². The van der Waals surface area contributed by atoms with Gasteiger partial charge in [0.1, 0.15) is 5.76 Å². The zero-order valence-electron chi connectivity index (χ0n) is 16.3. The third kappa shape index (κ3) is 3.46. The van der Waals surface area contributed by atoms with Gasteiger partial charge in [-0.05, 0) is 35.9 Å². The minimum absolute atomic E-state index is 0.000751. The largest absolute Gasteiger partial charge is 0.507 e. The number of fused-ring (bicyclic) bond motifs is 1. The van der Waals surface area contributed by atoms with E-state index in [-0.39, 0.29) is 11.3 Å². The van der Waals surface area contributed by atoms with Crippen molar-refractivity contribution in [3.63, 3.8) is 0 Å². The summed E-state index contributed by atoms with van der Waals surface area (Å²) in [4.78, 5) is 32.2. The first-order chi connectivity index (χ1) is 15.4. The van der Waals surface area contributed by atoms with Crippen LogP contribution in [0.1, 0.15) is 17.2 Å². The number of carbonyl (C=O) groups is 2. The maximum Gasteiger partial charge on any atom is 0.301 e. The fourth-order valence-corrected chi connectivity index (χ4v) is 5.13. The maximum absolute atomic E-state index is 13.2. The quantitative estimate of drug-likeness (QED) is 0.214. The Hall–Kier alpha value is -3.19. The van der Waals surface area contributed by atoms with E-state index in [1.807, 2.05) is 0 Å². The average molecular weight is 481 g/mol. The summed E-state index contributed by atoms with van der Waals surface area (Å²) in [6.45, 7) is 0. The molecule has 3 aromatic carbocycles. The van der Waals surface area contributed by atoms with Crippen LogP contribution in [0.5, 0.6) is 0 Å². The second-order valence-electron chi connectivity index (χ2n) is 7.20. The number of ketones is 1. The number of thiazole rings is 1. The summed E-state index contributed by atoms with van der Waals surface area (Å²) in [5.41, 5.74) is 1.74. The molecule has 0 radical (unpaired) electrons. The molecule has 4 aromatic rings. The SMILES string of the molecule is O=C1C(=O)N(c2nc3ccc(Cl)cc3s2)C(c2ccc(Cl)cc2)C1=C(O)c1ccccc1. The van der Waals surface area contributed by atoms with Gasteiger partial charge in [0, 0.05) is 15.6 Å². The van der Waals surface area contributed by atoms with Crippen LogP contribution in [0.2, 0.25) is 10.0 Å². The molecule has 1 saturated heterocycles. The number of hydrogen-bond acceptors (Lipinski definition) is 5. The molecule has 0 saturated carbocycles. The van der Waals surface area contributed by atoms with Crippen molar-refractivity contribution in [3.8, 4) is 0 Å². The highest BCUT2D eigenvalue weighted by Crippen LogP contribution is 2.44. The lowest BCUT2D eigenvalue weighted by Gasteiger charge is -2.23. The fourth-order valence-electron chi connectivity index (χ4n) is 3.73. The number of nitrogens with zero attached hydrogens (tertiary/aromatic N) is 2. The smallest absolute Gasteiger partial charge is 0.301 e. The lowest BCUT2D eigenvalue weighted by Crippen LogP contribution is -2.29. The topological polar surface area (TPSA) is 70.5 Å². The lowest BCUT2D eigenvalue weighted by atomic mass is 9.95. The maximum atomic E-state index is 13.2. The Bertz CT molecular complexity index is 1400. The number of aliphatic hydroxyl groups excluding tert-OH is 1. The van der Waals surface area contributed by atoms with E-state index < -0.39 is 17.7 Å². The van der Waals surface area contributed by atoms with Gasteiger partial charge in [0.15, 0.2) is 5.13 Å². The van der Waals surface area contributed by atoms with Crippen molar-refractivity contribution >= 4 is 67.3 Å². The van der Waals surface area contributed by atoms with Crippen LogP contribution in [0, 0.1) is 0 Å². The van der Waals surface area contributed by atoms with Crippen molar-refractivity contribution in [2.75, 3.05) is 4.90 Å². The number of aliphatic hydroxyl groups is 1. The summed E-state index contributed by atoms with van der Waals surface area (Å²) in [7, 11) is 0. The van der Waals surface area contributed by atoms with E-state index in [2.05, 4.69) is 4.98 Å². The van der Waals surface area contributed by atoms with Crippen LogP contribution in [-0.4, -0.2) is 21.8 Å². The highest BCUT2D eigenvalue weighted by Gasteiger charge is 2.48. The molecule has 5 nitrogen and oxygen atoms in total. The van der Waals surface area contributed by atoms with Gasteiger partial charge in [-0.15, -0.1) is 0 Å². The highest BCUT2D eigenvalue weighted by atomic mass is 35.5. The first-order valence-electron chi connectivity index (χ1n) is 9.62. The first kappa shape index (κ1) is 20.7. The molecule has 0 aliphatic carbocycles. The molecular formula is C24H14Cl2N2O3S. The molecule has 1 aliphatic rings. The molecule has 2 heterocycles. The molecule has 1 amide bonds. The molecule has 1 fully saturated rings. The van der Waals surface area contributed by atoms with E-state index in [4.69, 9.17) is 23.2 Å². The fraction of sp³-hybridized carbons (Fsp3) is 0.0417. The Balaban J connectivity index is 1.73. The normalized spacial score (nSPS) is 17.9. The van der Waals surface area contributed by atoms with Crippen molar-refractivity contribution in [2.24, 2.45) is 0 Å². The highest BCUT2D eigenvalue weighted by molar-refractivity contribution is 7.22. The Morgan fingerprint density at radius 2 is 1.62 bits per heavy atom. The van der Waals surface area contributed by atoms with Gasteiger partial charge in [-0.3, -0.25) is 14.5 Å². The standard InChI is InChI=1S/C24H14Cl2N2O3S/c25-15-8-6-13(7-9-15)20-19(21(29)14-4-2-1-3-5-14)22(30)23(31)28(20)24-27-17-11-10-16(26)12-18(17)32-24/h1-12,20,29H. The second kappa shape index (κ2) is 8.06. The number of rotatable bonds is 3. The number of hydrogen-bond donors (Lipinski definition) is 1. The van der Waals surface area contributed by atoms with Gasteiger partial charge in [-0.25, -0.2) is 4.98 Å². The Kier molecular flexibility index (Phi) is 5.21. The summed E-state index contributed by atoms with van der Waals surface area (Å²) in [5, 5.41) is 12.5. The average Bonchev–Trinajstić information content (AvgIpc) is 3.32.